The molecule has 0 saturated carbocycles. The first kappa shape index (κ1) is 24.1. The number of pyridine rings is 1. The second-order valence-corrected chi connectivity index (χ2v) is 11.5. The summed E-state index contributed by atoms with van der Waals surface area (Å²) in [5.41, 5.74) is 0.481. The number of rotatable bonds is 4. The quantitative estimate of drug-likeness (QED) is 0.338. The van der Waals surface area contributed by atoms with Crippen molar-refractivity contribution in [2.45, 2.75) is 50.2 Å². The summed E-state index contributed by atoms with van der Waals surface area (Å²) in [6.07, 6.45) is 6.55. The van der Waals surface area contributed by atoms with Gasteiger partial charge in [-0.05, 0) is 70.0 Å². The highest BCUT2D eigenvalue weighted by Crippen LogP contribution is 2.32. The van der Waals surface area contributed by atoms with Crippen LogP contribution in [0.3, 0.4) is 0 Å². The van der Waals surface area contributed by atoms with Gasteiger partial charge in [0.15, 0.2) is 0 Å². The normalized spacial score (nSPS) is 15.4. The molecule has 0 aliphatic carbocycles. The van der Waals surface area contributed by atoms with E-state index in [0.29, 0.717) is 18.5 Å². The van der Waals surface area contributed by atoms with Crippen molar-refractivity contribution in [2.75, 3.05) is 13.1 Å². The lowest BCUT2D eigenvalue weighted by molar-refractivity contribution is 0.0189. The summed E-state index contributed by atoms with van der Waals surface area (Å²) in [5.74, 6) is 0.256. The lowest BCUT2D eigenvalue weighted by atomic mass is 10.0. The maximum atomic E-state index is 13.1. The number of fused-ring (bicyclic) bond motifs is 2. The molecular formula is C27H29N3O5S. The third-order valence-corrected chi connectivity index (χ3v) is 7.62. The fourth-order valence-corrected chi connectivity index (χ4v) is 5.80. The fraction of sp³-hybridized carbons (Fsp3) is 0.333. The number of piperidine rings is 1. The third-order valence-electron chi connectivity index (χ3n) is 6.32. The molecule has 0 bridgehead atoms. The van der Waals surface area contributed by atoms with E-state index in [1.165, 1.54) is 6.07 Å². The molecule has 5 rings (SSSR count). The van der Waals surface area contributed by atoms with E-state index >= 15 is 0 Å². The number of amides is 1. The number of nitrogens with zero attached hydrogens (tertiary/aromatic N) is 3. The number of benzene rings is 2. The topological polar surface area (TPSA) is 90.7 Å². The second-order valence-electron chi connectivity index (χ2n) is 10.0. The molecule has 0 N–H and O–H groups in total. The van der Waals surface area contributed by atoms with Crippen LogP contribution in [-0.4, -0.2) is 47.7 Å². The fourth-order valence-electron chi connectivity index (χ4n) is 4.65. The highest BCUT2D eigenvalue weighted by atomic mass is 32.2. The Kier molecular flexibility index (Phi) is 6.12. The van der Waals surface area contributed by atoms with Gasteiger partial charge in [0.05, 0.1) is 0 Å². The number of carbonyl (C=O) groups is 1. The zero-order valence-electron chi connectivity index (χ0n) is 20.5. The van der Waals surface area contributed by atoms with Gasteiger partial charge in [0.25, 0.3) is 0 Å². The van der Waals surface area contributed by atoms with Crippen LogP contribution in [0.25, 0.3) is 21.7 Å². The van der Waals surface area contributed by atoms with E-state index < -0.39 is 15.7 Å². The van der Waals surface area contributed by atoms with Crippen LogP contribution in [0.2, 0.25) is 0 Å². The third kappa shape index (κ3) is 4.88. The SMILES string of the molecule is CC(C)(C)OC(=O)N1CCC(n2ccc3cc(OS(=O)(=O)c4cccc5cnccc45)ccc32)CC1. The van der Waals surface area contributed by atoms with Crippen LogP contribution in [0.1, 0.15) is 39.7 Å². The molecule has 36 heavy (non-hydrogen) atoms. The van der Waals surface area contributed by atoms with Crippen LogP contribution < -0.4 is 4.18 Å². The summed E-state index contributed by atoms with van der Waals surface area (Å²) >= 11 is 0. The molecule has 0 atom stereocenters. The first-order valence-electron chi connectivity index (χ1n) is 12.0. The van der Waals surface area contributed by atoms with Gasteiger partial charge in [-0.25, -0.2) is 4.79 Å². The summed E-state index contributed by atoms with van der Waals surface area (Å²) in [6, 6.07) is 14.2. The number of aromatic nitrogens is 2. The van der Waals surface area contributed by atoms with Crippen molar-refractivity contribution in [1.29, 1.82) is 0 Å². The van der Waals surface area contributed by atoms with Crippen molar-refractivity contribution < 1.29 is 22.1 Å². The molecular weight excluding hydrogens is 478 g/mol. The number of ether oxygens (including phenoxy) is 1. The monoisotopic (exact) mass is 507 g/mol. The molecule has 2 aromatic carbocycles. The summed E-state index contributed by atoms with van der Waals surface area (Å²) < 4.78 is 39.4. The van der Waals surface area contributed by atoms with Gasteiger partial charge in [0.2, 0.25) is 0 Å². The van der Waals surface area contributed by atoms with Crippen LogP contribution in [0.15, 0.2) is 72.0 Å². The molecule has 188 valence electrons. The molecule has 1 saturated heterocycles. The minimum absolute atomic E-state index is 0.108. The zero-order chi connectivity index (χ0) is 25.5. The number of hydrogen-bond donors (Lipinski definition) is 0. The molecule has 4 aromatic rings. The summed E-state index contributed by atoms with van der Waals surface area (Å²) in [6.45, 7) is 6.85. The average molecular weight is 508 g/mol. The molecule has 0 spiro atoms. The van der Waals surface area contributed by atoms with E-state index in [9.17, 15) is 13.2 Å². The van der Waals surface area contributed by atoms with Gasteiger partial charge in [-0.1, -0.05) is 12.1 Å². The second kappa shape index (κ2) is 9.13. The molecule has 3 heterocycles. The largest absolute Gasteiger partial charge is 0.444 e. The highest BCUT2D eigenvalue weighted by molar-refractivity contribution is 7.87. The van der Waals surface area contributed by atoms with E-state index in [1.807, 2.05) is 45.2 Å². The van der Waals surface area contributed by atoms with Crippen LogP contribution in [0.5, 0.6) is 5.75 Å². The van der Waals surface area contributed by atoms with E-state index in [4.69, 9.17) is 8.92 Å². The van der Waals surface area contributed by atoms with Crippen molar-refractivity contribution in [2.24, 2.45) is 0 Å². The zero-order valence-corrected chi connectivity index (χ0v) is 21.4. The average Bonchev–Trinajstić information content (AvgIpc) is 3.25. The molecule has 1 fully saturated rings. The Labute approximate surface area is 210 Å². The van der Waals surface area contributed by atoms with Gasteiger partial charge < -0.3 is 18.4 Å². The molecule has 8 nitrogen and oxygen atoms in total. The summed E-state index contributed by atoms with van der Waals surface area (Å²) in [4.78, 5) is 18.3. The van der Waals surface area contributed by atoms with Gasteiger partial charge in [0.1, 0.15) is 16.2 Å². The standard InChI is InChI=1S/C27H29N3O5S/c1-27(2,3)34-26(31)29-14-11-21(12-15-29)30-16-10-19-17-22(7-8-24(19)30)35-36(32,33)25-6-4-5-20-18-28-13-9-23(20)25/h4-10,13,16-18,21H,11-12,14-15H2,1-3H3. The van der Waals surface area contributed by atoms with Crippen LogP contribution in [0, 0.1) is 0 Å². The van der Waals surface area contributed by atoms with E-state index in [0.717, 1.165) is 29.1 Å². The number of carbonyl (C=O) groups excluding carboxylic acids is 1. The maximum absolute atomic E-state index is 13.1. The molecule has 9 heteroatoms. The summed E-state index contributed by atoms with van der Waals surface area (Å²) in [5, 5.41) is 2.18. The molecule has 2 aromatic heterocycles. The van der Waals surface area contributed by atoms with Crippen molar-refractivity contribution >= 4 is 37.9 Å². The Morgan fingerprint density at radius 1 is 1.03 bits per heavy atom. The Hall–Kier alpha value is -3.59. The van der Waals surface area contributed by atoms with Gasteiger partial charge in [-0.2, -0.15) is 8.42 Å². The van der Waals surface area contributed by atoms with Gasteiger partial charge >= 0.3 is 16.2 Å². The molecule has 1 amide bonds. The minimum Gasteiger partial charge on any atom is -0.444 e. The van der Waals surface area contributed by atoms with Crippen molar-refractivity contribution in [3.05, 3.63) is 67.1 Å². The lowest BCUT2D eigenvalue weighted by Gasteiger charge is -2.34. The van der Waals surface area contributed by atoms with Gasteiger partial charge in [0, 0.05) is 59.4 Å². The predicted molar refractivity (Wildman–Crippen MR) is 138 cm³/mol. The van der Waals surface area contributed by atoms with Crippen molar-refractivity contribution in [3.63, 3.8) is 0 Å². The Morgan fingerprint density at radius 2 is 1.81 bits per heavy atom. The van der Waals surface area contributed by atoms with E-state index in [1.54, 1.807) is 41.6 Å². The Morgan fingerprint density at radius 3 is 2.56 bits per heavy atom. The highest BCUT2D eigenvalue weighted by Gasteiger charge is 2.28. The van der Waals surface area contributed by atoms with Crippen molar-refractivity contribution in [3.8, 4) is 5.75 Å². The Bertz CT molecular complexity index is 1520. The van der Waals surface area contributed by atoms with Crippen LogP contribution in [0.4, 0.5) is 4.79 Å². The lowest BCUT2D eigenvalue weighted by Crippen LogP contribution is -2.42. The Balaban J connectivity index is 1.32. The van der Waals surface area contributed by atoms with E-state index in [-0.39, 0.29) is 22.8 Å². The van der Waals surface area contributed by atoms with Gasteiger partial charge in [-0.3, -0.25) is 4.98 Å². The summed E-state index contributed by atoms with van der Waals surface area (Å²) in [7, 11) is -4.03. The van der Waals surface area contributed by atoms with Crippen molar-refractivity contribution in [1.82, 2.24) is 14.5 Å². The maximum Gasteiger partial charge on any atom is 0.410 e. The molecule has 0 unspecified atom stereocenters. The van der Waals surface area contributed by atoms with E-state index in [2.05, 4.69) is 9.55 Å². The number of likely N-dealkylation sites (tertiary alicyclic amines) is 1. The number of hydrogen-bond acceptors (Lipinski definition) is 6. The van der Waals surface area contributed by atoms with Crippen LogP contribution in [-0.2, 0) is 14.9 Å². The first-order valence-corrected chi connectivity index (χ1v) is 13.4. The smallest absolute Gasteiger partial charge is 0.410 e. The molecule has 1 aliphatic rings. The van der Waals surface area contributed by atoms with Gasteiger partial charge in [-0.15, -0.1) is 0 Å². The first-order chi connectivity index (χ1) is 17.1. The molecule has 0 radical (unpaired) electrons. The van der Waals surface area contributed by atoms with Crippen LogP contribution >= 0.6 is 0 Å². The molecule has 1 aliphatic heterocycles. The minimum atomic E-state index is -4.03. The predicted octanol–water partition coefficient (Wildman–Crippen LogP) is 5.53.